The average molecular weight is 419 g/mol. The molecule has 4 aromatic rings. The molecular weight excluding hydrogens is 406 g/mol. The number of aromatic nitrogens is 3. The Hall–Kier alpha value is -4.05. The lowest BCUT2D eigenvalue weighted by Crippen LogP contribution is -2.22. The first kappa shape index (κ1) is 18.0. The molecule has 2 aromatic carbocycles. The number of rotatable bonds is 5. The Kier molecular flexibility index (Phi) is 4.25. The maximum absolute atomic E-state index is 12.4. The molecule has 0 unspecified atom stereocenters. The summed E-state index contributed by atoms with van der Waals surface area (Å²) in [6, 6.07) is 14.4. The third kappa shape index (κ3) is 3.08. The molecule has 0 spiro atoms. The fraction of sp³-hybridized carbons (Fsp3) is 0.0500. The largest absolute Gasteiger partial charge is 0.497 e. The van der Waals surface area contributed by atoms with Gasteiger partial charge >= 0.3 is 6.01 Å². The van der Waals surface area contributed by atoms with E-state index in [1.807, 2.05) is 6.07 Å². The summed E-state index contributed by atoms with van der Waals surface area (Å²) in [5, 5.41) is 22.7. The average Bonchev–Trinajstić information content (AvgIpc) is 3.45. The number of amides is 1. The van der Waals surface area contributed by atoms with Crippen molar-refractivity contribution in [1.29, 1.82) is 0 Å². The summed E-state index contributed by atoms with van der Waals surface area (Å²) in [7, 11) is 1.59. The van der Waals surface area contributed by atoms with Crippen molar-refractivity contribution in [3.63, 3.8) is 0 Å². The molecule has 0 aliphatic carbocycles. The lowest BCUT2D eigenvalue weighted by molar-refractivity contribution is -0.112. The normalized spacial score (nSPS) is 12.6. The Balaban J connectivity index is 1.44. The zero-order valence-corrected chi connectivity index (χ0v) is 16.3. The number of hydrogen-bond acceptors (Lipinski definition) is 9. The van der Waals surface area contributed by atoms with Crippen molar-refractivity contribution >= 4 is 34.0 Å². The summed E-state index contributed by atoms with van der Waals surface area (Å²) in [5.74, 6) is 0.345. The third-order valence-corrected chi connectivity index (χ3v) is 5.40. The molecule has 1 aliphatic heterocycles. The van der Waals surface area contributed by atoms with E-state index in [-0.39, 0.29) is 11.9 Å². The number of para-hydroxylation sites is 1. The summed E-state index contributed by atoms with van der Waals surface area (Å²) in [5.41, 5.74) is 1.04. The molecule has 9 nitrogen and oxygen atoms in total. The number of methoxy groups -OCH3 is 1. The Labute approximate surface area is 173 Å². The van der Waals surface area contributed by atoms with Gasteiger partial charge in [-0.25, -0.2) is 4.99 Å². The fourth-order valence-electron chi connectivity index (χ4n) is 3.03. The van der Waals surface area contributed by atoms with Crippen LogP contribution in [0.1, 0.15) is 4.88 Å². The fourth-order valence-corrected chi connectivity index (χ4v) is 3.93. The first-order valence-electron chi connectivity index (χ1n) is 8.80. The second-order valence-corrected chi connectivity index (χ2v) is 7.25. The van der Waals surface area contributed by atoms with Gasteiger partial charge < -0.3 is 14.3 Å². The van der Waals surface area contributed by atoms with E-state index < -0.39 is 5.91 Å². The van der Waals surface area contributed by atoms with E-state index in [2.05, 4.69) is 25.5 Å². The maximum Gasteiger partial charge on any atom is 0.322 e. The van der Waals surface area contributed by atoms with Crippen LogP contribution in [0.4, 0.5) is 11.1 Å². The van der Waals surface area contributed by atoms with Crippen molar-refractivity contribution in [2.45, 2.75) is 0 Å². The van der Waals surface area contributed by atoms with Crippen LogP contribution in [-0.4, -0.2) is 33.3 Å². The van der Waals surface area contributed by atoms with Crippen LogP contribution < -0.4 is 20.6 Å². The highest BCUT2D eigenvalue weighted by Crippen LogP contribution is 2.35. The van der Waals surface area contributed by atoms with Gasteiger partial charge in [0.15, 0.2) is 5.13 Å². The Morgan fingerprint density at radius 1 is 1.10 bits per heavy atom. The van der Waals surface area contributed by atoms with Crippen LogP contribution in [0.25, 0.3) is 17.0 Å². The number of nitrogens with zero attached hydrogens (tertiary/aromatic N) is 4. The van der Waals surface area contributed by atoms with Crippen molar-refractivity contribution in [3.8, 4) is 23.1 Å². The SMILES string of the molecule is COc1ccc(-c2nnc(Nc3nc(O)c(C4=c5ccccc5=NC4=O)s3)o2)cc1. The highest BCUT2D eigenvalue weighted by Gasteiger charge is 2.25. The summed E-state index contributed by atoms with van der Waals surface area (Å²) >= 11 is 1.09. The van der Waals surface area contributed by atoms with Crippen LogP contribution in [0.2, 0.25) is 0 Å². The first-order valence-corrected chi connectivity index (χ1v) is 9.61. The number of nitrogens with one attached hydrogen (secondary N) is 1. The monoisotopic (exact) mass is 419 g/mol. The first-order chi connectivity index (χ1) is 14.6. The minimum Gasteiger partial charge on any atom is -0.497 e. The molecule has 2 aromatic heterocycles. The van der Waals surface area contributed by atoms with E-state index >= 15 is 0 Å². The van der Waals surface area contributed by atoms with Gasteiger partial charge in [0, 0.05) is 10.8 Å². The quantitative estimate of drug-likeness (QED) is 0.504. The number of carbonyl (C=O) groups excluding carboxylic acids is 1. The molecule has 2 N–H and O–H groups in total. The number of thiazole rings is 1. The molecule has 0 bridgehead atoms. The van der Waals surface area contributed by atoms with Crippen LogP contribution in [0.15, 0.2) is 57.9 Å². The topological polar surface area (TPSA) is 123 Å². The lowest BCUT2D eigenvalue weighted by Gasteiger charge is -1.99. The van der Waals surface area contributed by atoms with Gasteiger partial charge in [0.05, 0.1) is 18.0 Å². The van der Waals surface area contributed by atoms with Gasteiger partial charge in [-0.1, -0.05) is 34.6 Å². The number of carbonyl (C=O) groups is 1. The predicted octanol–water partition coefficient (Wildman–Crippen LogP) is 2.01. The number of benzene rings is 2. The Morgan fingerprint density at radius 3 is 2.70 bits per heavy atom. The summed E-state index contributed by atoms with van der Waals surface area (Å²) in [4.78, 5) is 20.8. The smallest absolute Gasteiger partial charge is 0.322 e. The van der Waals surface area contributed by atoms with Gasteiger partial charge in [-0.3, -0.25) is 10.1 Å². The second kappa shape index (κ2) is 7.08. The van der Waals surface area contributed by atoms with Crippen molar-refractivity contribution in [3.05, 3.63) is 64.0 Å². The zero-order chi connectivity index (χ0) is 20.7. The molecule has 5 rings (SSSR count). The second-order valence-electron chi connectivity index (χ2n) is 6.25. The lowest BCUT2D eigenvalue weighted by atomic mass is 10.1. The van der Waals surface area contributed by atoms with E-state index in [0.717, 1.165) is 22.6 Å². The minimum absolute atomic E-state index is 0.106. The zero-order valence-electron chi connectivity index (χ0n) is 15.5. The van der Waals surface area contributed by atoms with Crippen LogP contribution in [-0.2, 0) is 4.79 Å². The molecule has 148 valence electrons. The summed E-state index contributed by atoms with van der Waals surface area (Å²) in [6.45, 7) is 0. The Bertz CT molecular complexity index is 1390. The van der Waals surface area contributed by atoms with Crippen molar-refractivity contribution < 1.29 is 19.1 Å². The van der Waals surface area contributed by atoms with Crippen molar-refractivity contribution in [2.75, 3.05) is 12.4 Å². The molecule has 0 radical (unpaired) electrons. The molecule has 10 heteroatoms. The maximum atomic E-state index is 12.4. The minimum atomic E-state index is -0.415. The van der Waals surface area contributed by atoms with Crippen LogP contribution in [0.3, 0.4) is 0 Å². The van der Waals surface area contributed by atoms with Crippen molar-refractivity contribution in [1.82, 2.24) is 15.2 Å². The van der Waals surface area contributed by atoms with E-state index in [1.54, 1.807) is 49.6 Å². The van der Waals surface area contributed by atoms with Gasteiger partial charge in [0.1, 0.15) is 10.6 Å². The van der Waals surface area contributed by atoms with E-state index in [9.17, 15) is 9.90 Å². The number of fused-ring (bicyclic) bond motifs is 1. The summed E-state index contributed by atoms with van der Waals surface area (Å²) < 4.78 is 10.8. The number of aromatic hydroxyl groups is 1. The molecule has 1 amide bonds. The van der Waals surface area contributed by atoms with Gasteiger partial charge in [0.2, 0.25) is 11.8 Å². The number of hydrogen-bond donors (Lipinski definition) is 2. The van der Waals surface area contributed by atoms with Gasteiger partial charge in [0.25, 0.3) is 5.91 Å². The molecule has 1 aliphatic rings. The van der Waals surface area contributed by atoms with Gasteiger partial charge in [-0.05, 0) is 30.3 Å². The molecule has 3 heterocycles. The van der Waals surface area contributed by atoms with Gasteiger partial charge in [-0.2, -0.15) is 4.98 Å². The molecule has 0 atom stereocenters. The van der Waals surface area contributed by atoms with Crippen LogP contribution in [0.5, 0.6) is 11.6 Å². The van der Waals surface area contributed by atoms with E-state index in [1.165, 1.54) is 0 Å². The number of ether oxygens (including phenoxy) is 1. The van der Waals surface area contributed by atoms with E-state index in [4.69, 9.17) is 9.15 Å². The highest BCUT2D eigenvalue weighted by atomic mass is 32.1. The predicted molar refractivity (Wildman–Crippen MR) is 108 cm³/mol. The van der Waals surface area contributed by atoms with E-state index in [0.29, 0.717) is 32.0 Å². The molecule has 0 saturated carbocycles. The molecule has 0 saturated heterocycles. The standard InChI is InChI=1S/C20H13N5O4S/c1-28-11-8-6-10(7-9-11)18-24-25-19(29-18)23-20-22-17(27)15(30-20)14-12-4-2-3-5-13(12)21-16(14)26/h2-9,27H,1H3,(H,22,23,25). The number of anilines is 2. The molecule has 30 heavy (non-hydrogen) atoms. The van der Waals surface area contributed by atoms with Crippen LogP contribution >= 0.6 is 11.3 Å². The molecule has 0 fully saturated rings. The van der Waals surface area contributed by atoms with Crippen LogP contribution in [0, 0.1) is 0 Å². The third-order valence-electron chi connectivity index (χ3n) is 4.42. The van der Waals surface area contributed by atoms with Gasteiger partial charge in [-0.15, -0.1) is 5.10 Å². The Morgan fingerprint density at radius 2 is 1.90 bits per heavy atom. The van der Waals surface area contributed by atoms with Crippen molar-refractivity contribution in [2.24, 2.45) is 4.99 Å². The highest BCUT2D eigenvalue weighted by molar-refractivity contribution is 7.17. The summed E-state index contributed by atoms with van der Waals surface area (Å²) in [6.07, 6.45) is 0. The molecular formula is C20H13N5O4S.